The number of hydrogen-bond acceptors (Lipinski definition) is 4. The van der Waals surface area contributed by atoms with E-state index in [9.17, 15) is 8.42 Å². The number of rotatable bonds is 4. The lowest BCUT2D eigenvalue weighted by Gasteiger charge is -2.29. The van der Waals surface area contributed by atoms with Gasteiger partial charge in [-0.05, 0) is 18.8 Å². The molecule has 1 saturated heterocycles. The monoisotopic (exact) mass is 287 g/mol. The zero-order chi connectivity index (χ0) is 14.0. The minimum Gasteiger partial charge on any atom is -0.384 e. The first-order valence-electron chi connectivity index (χ1n) is 6.41. The van der Waals surface area contributed by atoms with Crippen molar-refractivity contribution in [1.82, 2.24) is 18.8 Å². The summed E-state index contributed by atoms with van der Waals surface area (Å²) in [4.78, 5) is 0. The van der Waals surface area contributed by atoms with Crippen molar-refractivity contribution in [3.8, 4) is 0 Å². The Balaban J connectivity index is 1.96. The number of aryl methyl sites for hydroxylation is 1. The fourth-order valence-corrected chi connectivity index (χ4v) is 3.33. The van der Waals surface area contributed by atoms with Gasteiger partial charge in [0.05, 0.1) is 6.20 Å². The quantitative estimate of drug-likeness (QED) is 0.819. The van der Waals surface area contributed by atoms with Gasteiger partial charge < -0.3 is 5.73 Å². The van der Waals surface area contributed by atoms with Crippen molar-refractivity contribution in [2.24, 2.45) is 13.0 Å². The molecule has 19 heavy (non-hydrogen) atoms. The van der Waals surface area contributed by atoms with Crippen LogP contribution < -0.4 is 10.5 Å². The van der Waals surface area contributed by atoms with Gasteiger partial charge in [-0.25, -0.2) is 0 Å². The van der Waals surface area contributed by atoms with Crippen LogP contribution in [0.4, 0.5) is 5.82 Å². The van der Waals surface area contributed by atoms with E-state index in [0.717, 1.165) is 12.8 Å². The molecule has 0 amide bonds. The molecule has 1 aliphatic heterocycles. The minimum absolute atomic E-state index is 0.175. The van der Waals surface area contributed by atoms with Crippen LogP contribution in [0.5, 0.6) is 0 Å². The van der Waals surface area contributed by atoms with E-state index in [0.29, 0.717) is 30.4 Å². The molecule has 108 valence electrons. The zero-order valence-corrected chi connectivity index (χ0v) is 12.2. The van der Waals surface area contributed by atoms with Crippen LogP contribution in [0.25, 0.3) is 0 Å². The molecule has 1 aliphatic rings. The fourth-order valence-electron chi connectivity index (χ4n) is 2.11. The molecule has 1 fully saturated rings. The Kier molecular flexibility index (Phi) is 4.12. The molecule has 1 aromatic heterocycles. The predicted molar refractivity (Wildman–Crippen MR) is 73.4 cm³/mol. The molecule has 8 heteroatoms. The fraction of sp³-hybridized carbons (Fsp3) is 0.727. The van der Waals surface area contributed by atoms with Crippen LogP contribution in [0.3, 0.4) is 0 Å². The molecule has 3 N–H and O–H groups in total. The highest BCUT2D eigenvalue weighted by molar-refractivity contribution is 7.87. The maximum atomic E-state index is 12.1. The molecule has 0 aromatic carbocycles. The Bertz CT molecular complexity index is 531. The SMILES string of the molecule is CC1CCN(S(=O)(=O)NCc2cnn(C)c2N)CC1. The molecule has 1 aromatic rings. The molecule has 0 radical (unpaired) electrons. The van der Waals surface area contributed by atoms with Crippen LogP contribution in [-0.2, 0) is 23.8 Å². The van der Waals surface area contributed by atoms with Crippen molar-refractivity contribution in [2.75, 3.05) is 18.8 Å². The van der Waals surface area contributed by atoms with E-state index in [4.69, 9.17) is 5.73 Å². The van der Waals surface area contributed by atoms with E-state index in [-0.39, 0.29) is 6.54 Å². The zero-order valence-electron chi connectivity index (χ0n) is 11.3. The molecular weight excluding hydrogens is 266 g/mol. The summed E-state index contributed by atoms with van der Waals surface area (Å²) in [7, 11) is -1.70. The summed E-state index contributed by atoms with van der Waals surface area (Å²) in [6.45, 7) is 3.49. The molecule has 2 rings (SSSR count). The number of nitrogen functional groups attached to an aromatic ring is 1. The number of nitrogens with one attached hydrogen (secondary N) is 1. The molecule has 0 atom stereocenters. The lowest BCUT2D eigenvalue weighted by Crippen LogP contribution is -2.44. The van der Waals surface area contributed by atoms with Gasteiger partial charge in [0.15, 0.2) is 0 Å². The summed E-state index contributed by atoms with van der Waals surface area (Å²) in [5, 5.41) is 3.98. The third-order valence-corrected chi connectivity index (χ3v) is 5.15. The van der Waals surface area contributed by atoms with Gasteiger partial charge >= 0.3 is 0 Å². The molecule has 2 heterocycles. The van der Waals surface area contributed by atoms with Crippen LogP contribution in [0.1, 0.15) is 25.3 Å². The average Bonchev–Trinajstić information content (AvgIpc) is 2.68. The smallest absolute Gasteiger partial charge is 0.279 e. The van der Waals surface area contributed by atoms with Gasteiger partial charge in [0.25, 0.3) is 10.2 Å². The summed E-state index contributed by atoms with van der Waals surface area (Å²) in [5.41, 5.74) is 6.47. The Morgan fingerprint density at radius 2 is 2.11 bits per heavy atom. The first-order chi connectivity index (χ1) is 8.90. The Morgan fingerprint density at radius 3 is 2.63 bits per heavy atom. The highest BCUT2D eigenvalue weighted by atomic mass is 32.2. The van der Waals surface area contributed by atoms with Crippen LogP contribution in [0.15, 0.2) is 6.20 Å². The first kappa shape index (κ1) is 14.3. The molecular formula is C11H21N5O2S. The average molecular weight is 287 g/mol. The van der Waals surface area contributed by atoms with Crippen molar-refractivity contribution >= 4 is 16.0 Å². The van der Waals surface area contributed by atoms with E-state index in [1.807, 2.05) is 0 Å². The van der Waals surface area contributed by atoms with E-state index in [1.54, 1.807) is 13.2 Å². The minimum atomic E-state index is -3.42. The van der Waals surface area contributed by atoms with E-state index >= 15 is 0 Å². The lowest BCUT2D eigenvalue weighted by molar-refractivity contribution is 0.285. The molecule has 7 nitrogen and oxygen atoms in total. The first-order valence-corrected chi connectivity index (χ1v) is 7.85. The van der Waals surface area contributed by atoms with E-state index in [2.05, 4.69) is 16.7 Å². The summed E-state index contributed by atoms with van der Waals surface area (Å²) in [5.74, 6) is 1.08. The Morgan fingerprint density at radius 1 is 1.47 bits per heavy atom. The second-order valence-corrected chi connectivity index (χ2v) is 6.84. The van der Waals surface area contributed by atoms with Crippen LogP contribution in [0.2, 0.25) is 0 Å². The van der Waals surface area contributed by atoms with Crippen molar-refractivity contribution in [3.05, 3.63) is 11.8 Å². The Hall–Kier alpha value is -1.12. The highest BCUT2D eigenvalue weighted by Gasteiger charge is 2.26. The predicted octanol–water partition coefficient (Wildman–Crippen LogP) is 0.0686. The number of nitrogens with two attached hydrogens (primary N) is 1. The van der Waals surface area contributed by atoms with Crippen molar-refractivity contribution in [1.29, 1.82) is 0 Å². The van der Waals surface area contributed by atoms with E-state index < -0.39 is 10.2 Å². The number of anilines is 1. The molecule has 0 saturated carbocycles. The summed E-state index contributed by atoms with van der Waals surface area (Å²) < 4.78 is 29.9. The van der Waals surface area contributed by atoms with Gasteiger partial charge in [0.1, 0.15) is 5.82 Å². The van der Waals surface area contributed by atoms with E-state index in [1.165, 1.54) is 8.99 Å². The topological polar surface area (TPSA) is 93.2 Å². The number of aromatic nitrogens is 2. The van der Waals surface area contributed by atoms with Gasteiger partial charge in [-0.2, -0.15) is 22.5 Å². The van der Waals surface area contributed by atoms with Crippen molar-refractivity contribution in [3.63, 3.8) is 0 Å². The van der Waals surface area contributed by atoms with Gasteiger partial charge in [0.2, 0.25) is 0 Å². The normalized spacial score (nSPS) is 18.8. The maximum absolute atomic E-state index is 12.1. The van der Waals surface area contributed by atoms with Crippen LogP contribution in [0, 0.1) is 5.92 Å². The second kappa shape index (κ2) is 5.48. The maximum Gasteiger partial charge on any atom is 0.279 e. The van der Waals surface area contributed by atoms with Crippen molar-refractivity contribution < 1.29 is 8.42 Å². The van der Waals surface area contributed by atoms with Crippen LogP contribution in [-0.4, -0.2) is 35.6 Å². The largest absolute Gasteiger partial charge is 0.384 e. The molecule has 0 spiro atoms. The van der Waals surface area contributed by atoms with Gasteiger partial charge in [-0.15, -0.1) is 0 Å². The summed E-state index contributed by atoms with van der Waals surface area (Å²) in [6, 6.07) is 0. The van der Waals surface area contributed by atoms with Gasteiger partial charge in [-0.3, -0.25) is 4.68 Å². The third-order valence-electron chi connectivity index (χ3n) is 3.59. The van der Waals surface area contributed by atoms with Crippen molar-refractivity contribution in [2.45, 2.75) is 26.3 Å². The molecule has 0 aliphatic carbocycles. The second-order valence-electron chi connectivity index (χ2n) is 5.09. The number of hydrogen-bond donors (Lipinski definition) is 2. The molecule has 0 bridgehead atoms. The highest BCUT2D eigenvalue weighted by Crippen LogP contribution is 2.18. The van der Waals surface area contributed by atoms with Crippen LogP contribution >= 0.6 is 0 Å². The van der Waals surface area contributed by atoms with Gasteiger partial charge in [-0.1, -0.05) is 6.92 Å². The number of piperidine rings is 1. The van der Waals surface area contributed by atoms with Gasteiger partial charge in [0, 0.05) is 32.2 Å². The number of nitrogens with zero attached hydrogens (tertiary/aromatic N) is 3. The Labute approximate surface area is 113 Å². The third kappa shape index (κ3) is 3.26. The lowest BCUT2D eigenvalue weighted by atomic mass is 10.0. The standard InChI is InChI=1S/C11H21N5O2S/c1-9-3-5-16(6-4-9)19(17,18)14-8-10-7-13-15(2)11(10)12/h7,9,14H,3-6,8,12H2,1-2H3. The summed E-state index contributed by atoms with van der Waals surface area (Å²) >= 11 is 0. The summed E-state index contributed by atoms with van der Waals surface area (Å²) in [6.07, 6.45) is 3.40. The molecule has 0 unspecified atom stereocenters.